The zero-order valence-electron chi connectivity index (χ0n) is 19.5. The lowest BCUT2D eigenvalue weighted by molar-refractivity contribution is -0.384. The fourth-order valence-corrected chi connectivity index (χ4v) is 4.71. The molecule has 190 valence electrons. The van der Waals surface area contributed by atoms with Gasteiger partial charge in [-0.15, -0.1) is 0 Å². The summed E-state index contributed by atoms with van der Waals surface area (Å²) >= 11 is 7.22. The number of thioether (sulfide) groups is 1. The maximum atomic E-state index is 13.5. The van der Waals surface area contributed by atoms with Gasteiger partial charge in [0, 0.05) is 12.1 Å². The second-order valence-electron chi connectivity index (χ2n) is 7.88. The summed E-state index contributed by atoms with van der Waals surface area (Å²) in [6.45, 7) is 2.07. The first-order chi connectivity index (χ1) is 17.7. The third kappa shape index (κ3) is 6.28. The van der Waals surface area contributed by atoms with E-state index >= 15 is 0 Å². The van der Waals surface area contributed by atoms with Crippen molar-refractivity contribution < 1.29 is 28.4 Å². The number of carbonyl (C=O) groups is 2. The number of imide groups is 1. The van der Waals surface area contributed by atoms with Gasteiger partial charge in [0.25, 0.3) is 16.8 Å². The van der Waals surface area contributed by atoms with Crippen LogP contribution in [0.4, 0.5) is 14.9 Å². The highest BCUT2D eigenvalue weighted by atomic mass is 35.5. The molecule has 8 nitrogen and oxygen atoms in total. The highest BCUT2D eigenvalue weighted by Gasteiger charge is 2.35. The number of ether oxygens (including phenoxy) is 2. The van der Waals surface area contributed by atoms with E-state index in [1.54, 1.807) is 37.3 Å². The average Bonchev–Trinajstić information content (AvgIpc) is 3.11. The molecule has 11 heteroatoms. The summed E-state index contributed by atoms with van der Waals surface area (Å²) < 4.78 is 25.0. The van der Waals surface area contributed by atoms with Crippen molar-refractivity contribution in [3.63, 3.8) is 0 Å². The Labute approximate surface area is 220 Å². The number of halogens is 2. The monoisotopic (exact) mass is 542 g/mol. The molecule has 0 aromatic heterocycles. The molecular formula is C26H20ClFN2O6S. The van der Waals surface area contributed by atoms with E-state index in [1.165, 1.54) is 36.4 Å². The zero-order valence-corrected chi connectivity index (χ0v) is 21.1. The number of hydrogen-bond acceptors (Lipinski definition) is 7. The number of amides is 2. The van der Waals surface area contributed by atoms with Gasteiger partial charge in [-0.3, -0.25) is 24.6 Å². The molecule has 0 N–H and O–H groups in total. The van der Waals surface area contributed by atoms with Crippen molar-refractivity contribution in [3.05, 3.63) is 103 Å². The van der Waals surface area contributed by atoms with Crippen LogP contribution in [0.2, 0.25) is 5.02 Å². The van der Waals surface area contributed by atoms with Gasteiger partial charge in [-0.2, -0.15) is 0 Å². The standard InChI is InChI=1S/C26H20ClFN2O6S/c1-2-35-22-12-18(11-21(27)24(22)36-15-17-6-3-7-19(28)9-17)13-23-25(31)29(26(32)37-23)14-16-5-4-8-20(10-16)30(33)34/h3-13H,2,14-15H2,1H3/b23-13+. The van der Waals surface area contributed by atoms with E-state index in [2.05, 4.69) is 0 Å². The van der Waals surface area contributed by atoms with Gasteiger partial charge in [0.2, 0.25) is 0 Å². The first-order valence-electron chi connectivity index (χ1n) is 11.1. The van der Waals surface area contributed by atoms with Crippen molar-refractivity contribution in [2.45, 2.75) is 20.1 Å². The lowest BCUT2D eigenvalue weighted by Crippen LogP contribution is -2.27. The average molecular weight is 543 g/mol. The van der Waals surface area contributed by atoms with E-state index in [9.17, 15) is 24.1 Å². The number of carbonyl (C=O) groups excluding carboxylic acids is 2. The second kappa shape index (κ2) is 11.4. The smallest absolute Gasteiger partial charge is 0.293 e. The molecular weight excluding hydrogens is 523 g/mol. The molecule has 0 spiro atoms. The van der Waals surface area contributed by atoms with Crippen molar-refractivity contribution in [3.8, 4) is 11.5 Å². The molecule has 1 aliphatic rings. The highest BCUT2D eigenvalue weighted by Crippen LogP contribution is 2.40. The number of nitro benzene ring substituents is 1. The molecule has 37 heavy (non-hydrogen) atoms. The van der Waals surface area contributed by atoms with Crippen LogP contribution >= 0.6 is 23.4 Å². The van der Waals surface area contributed by atoms with Crippen LogP contribution in [-0.4, -0.2) is 27.6 Å². The molecule has 4 rings (SSSR count). The molecule has 3 aromatic carbocycles. The SMILES string of the molecule is CCOc1cc(/C=C2/SC(=O)N(Cc3cccc([N+](=O)[O-])c3)C2=O)cc(Cl)c1OCc1cccc(F)c1. The van der Waals surface area contributed by atoms with E-state index in [4.69, 9.17) is 21.1 Å². The largest absolute Gasteiger partial charge is 0.490 e. The van der Waals surface area contributed by atoms with E-state index in [0.717, 1.165) is 16.7 Å². The fraction of sp³-hybridized carbons (Fsp3) is 0.154. The predicted molar refractivity (Wildman–Crippen MR) is 138 cm³/mol. The Hall–Kier alpha value is -3.89. The van der Waals surface area contributed by atoms with Gasteiger partial charge in [-0.05, 0) is 65.7 Å². The fourth-order valence-electron chi connectivity index (χ4n) is 3.60. The number of nitro groups is 1. The Morgan fingerprint density at radius 1 is 1.08 bits per heavy atom. The molecule has 1 aliphatic heterocycles. The van der Waals surface area contributed by atoms with E-state index in [1.807, 2.05) is 0 Å². The number of non-ortho nitro benzene ring substituents is 1. The third-order valence-corrected chi connectivity index (χ3v) is 6.43. The first kappa shape index (κ1) is 26.2. The van der Waals surface area contributed by atoms with Crippen LogP contribution in [0.3, 0.4) is 0 Å². The molecule has 1 fully saturated rings. The van der Waals surface area contributed by atoms with Crippen LogP contribution in [-0.2, 0) is 17.9 Å². The van der Waals surface area contributed by atoms with Crippen molar-refractivity contribution in [2.75, 3.05) is 6.61 Å². The Bertz CT molecular complexity index is 1410. The predicted octanol–water partition coefficient (Wildman–Crippen LogP) is 6.60. The number of hydrogen-bond donors (Lipinski definition) is 0. The molecule has 0 saturated carbocycles. The molecule has 0 aliphatic carbocycles. The number of benzene rings is 3. The quantitative estimate of drug-likeness (QED) is 0.170. The minimum absolute atomic E-state index is 0.0629. The Morgan fingerprint density at radius 3 is 2.57 bits per heavy atom. The highest BCUT2D eigenvalue weighted by molar-refractivity contribution is 8.18. The summed E-state index contributed by atoms with van der Waals surface area (Å²) in [5.74, 6) is -0.314. The topological polar surface area (TPSA) is 99.0 Å². The minimum Gasteiger partial charge on any atom is -0.490 e. The normalized spacial score (nSPS) is 14.4. The van der Waals surface area contributed by atoms with Crippen LogP contribution in [0.15, 0.2) is 65.6 Å². The Morgan fingerprint density at radius 2 is 1.84 bits per heavy atom. The van der Waals surface area contributed by atoms with Crippen molar-refractivity contribution >= 4 is 46.3 Å². The van der Waals surface area contributed by atoms with E-state index < -0.39 is 16.1 Å². The van der Waals surface area contributed by atoms with Crippen LogP contribution < -0.4 is 9.47 Å². The number of rotatable bonds is 9. The minimum atomic E-state index is -0.539. The molecule has 0 radical (unpaired) electrons. The maximum Gasteiger partial charge on any atom is 0.293 e. The molecule has 0 atom stereocenters. The van der Waals surface area contributed by atoms with Gasteiger partial charge in [-0.25, -0.2) is 4.39 Å². The summed E-state index contributed by atoms with van der Waals surface area (Å²) in [7, 11) is 0. The van der Waals surface area contributed by atoms with Crippen LogP contribution in [0.25, 0.3) is 6.08 Å². The maximum absolute atomic E-state index is 13.5. The first-order valence-corrected chi connectivity index (χ1v) is 12.3. The van der Waals surface area contributed by atoms with Crippen molar-refractivity contribution in [2.24, 2.45) is 0 Å². The third-order valence-electron chi connectivity index (χ3n) is 5.24. The summed E-state index contributed by atoms with van der Waals surface area (Å²) in [6.07, 6.45) is 1.52. The lowest BCUT2D eigenvalue weighted by atomic mass is 10.1. The van der Waals surface area contributed by atoms with Gasteiger partial charge in [0.05, 0.1) is 28.0 Å². The Balaban J connectivity index is 1.55. The van der Waals surface area contributed by atoms with Crippen molar-refractivity contribution in [1.29, 1.82) is 0 Å². The van der Waals surface area contributed by atoms with Gasteiger partial charge in [-0.1, -0.05) is 35.9 Å². The van der Waals surface area contributed by atoms with Crippen LogP contribution in [0.1, 0.15) is 23.6 Å². The molecule has 0 bridgehead atoms. The molecule has 0 unspecified atom stereocenters. The molecule has 1 saturated heterocycles. The Kier molecular flexibility index (Phi) is 8.10. The molecule has 3 aromatic rings. The zero-order chi connectivity index (χ0) is 26.5. The second-order valence-corrected chi connectivity index (χ2v) is 9.28. The number of nitrogens with zero attached hydrogens (tertiary/aromatic N) is 2. The summed E-state index contributed by atoms with van der Waals surface area (Å²) in [5.41, 5.74) is 1.45. The molecule has 1 heterocycles. The van der Waals surface area contributed by atoms with Gasteiger partial charge >= 0.3 is 0 Å². The summed E-state index contributed by atoms with van der Waals surface area (Å²) in [4.78, 5) is 37.2. The summed E-state index contributed by atoms with van der Waals surface area (Å²) in [5, 5.41) is 10.7. The van der Waals surface area contributed by atoms with Gasteiger partial charge in [0.15, 0.2) is 11.5 Å². The summed E-state index contributed by atoms with van der Waals surface area (Å²) in [6, 6.07) is 14.9. The van der Waals surface area contributed by atoms with Crippen LogP contribution in [0, 0.1) is 15.9 Å². The van der Waals surface area contributed by atoms with E-state index in [-0.39, 0.29) is 40.3 Å². The van der Waals surface area contributed by atoms with Crippen molar-refractivity contribution in [1.82, 2.24) is 4.90 Å². The van der Waals surface area contributed by atoms with E-state index in [0.29, 0.717) is 29.0 Å². The van der Waals surface area contributed by atoms with Crippen LogP contribution in [0.5, 0.6) is 11.5 Å². The lowest BCUT2D eigenvalue weighted by Gasteiger charge is -2.15. The molecule has 2 amide bonds. The van der Waals surface area contributed by atoms with Gasteiger partial charge in [0.1, 0.15) is 12.4 Å². The van der Waals surface area contributed by atoms with Gasteiger partial charge < -0.3 is 9.47 Å².